The van der Waals surface area contributed by atoms with E-state index in [4.69, 9.17) is 5.73 Å². The summed E-state index contributed by atoms with van der Waals surface area (Å²) >= 11 is 0. The first-order valence-electron chi connectivity index (χ1n) is 4.20. The molecular formula is C10H12FN. The van der Waals surface area contributed by atoms with E-state index in [1.807, 2.05) is 19.1 Å². The van der Waals surface area contributed by atoms with Crippen molar-refractivity contribution in [2.75, 3.05) is 0 Å². The van der Waals surface area contributed by atoms with Crippen LogP contribution in [0, 0.1) is 12.7 Å². The van der Waals surface area contributed by atoms with Gasteiger partial charge < -0.3 is 5.73 Å². The van der Waals surface area contributed by atoms with Crippen molar-refractivity contribution in [3.8, 4) is 0 Å². The molecule has 0 heterocycles. The van der Waals surface area contributed by atoms with Gasteiger partial charge in [0, 0.05) is 12.0 Å². The minimum atomic E-state index is -0.104. The molecule has 0 aliphatic heterocycles. The van der Waals surface area contributed by atoms with Crippen LogP contribution >= 0.6 is 0 Å². The maximum Gasteiger partial charge on any atom is 0.127 e. The van der Waals surface area contributed by atoms with Crippen molar-refractivity contribution in [2.45, 2.75) is 25.3 Å². The third-order valence-corrected chi connectivity index (χ3v) is 2.40. The number of rotatable bonds is 1. The molecular weight excluding hydrogens is 153 g/mol. The molecule has 64 valence electrons. The molecule has 1 fully saturated rings. The van der Waals surface area contributed by atoms with Crippen LogP contribution in [0.1, 0.15) is 23.5 Å². The number of hydrogen-bond acceptors (Lipinski definition) is 1. The van der Waals surface area contributed by atoms with Gasteiger partial charge in [0.1, 0.15) is 5.82 Å². The Morgan fingerprint density at radius 1 is 1.50 bits per heavy atom. The summed E-state index contributed by atoms with van der Waals surface area (Å²) < 4.78 is 13.3. The lowest BCUT2D eigenvalue weighted by Gasteiger charge is -2.01. The Morgan fingerprint density at radius 3 is 2.67 bits per heavy atom. The van der Waals surface area contributed by atoms with Gasteiger partial charge in [-0.1, -0.05) is 12.1 Å². The molecule has 0 bridgehead atoms. The Morgan fingerprint density at radius 2 is 2.17 bits per heavy atom. The van der Waals surface area contributed by atoms with Crippen LogP contribution in [0.15, 0.2) is 18.2 Å². The average Bonchev–Trinajstić information content (AvgIpc) is 2.66. The standard InChI is InChI=1S/C10H12FN/c1-6-2-3-7(9(11)4-6)8-5-10(8)12/h2-4,8,10H,5,12H2,1H3. The van der Waals surface area contributed by atoms with Gasteiger partial charge in [0.05, 0.1) is 0 Å². The number of hydrogen-bond donors (Lipinski definition) is 1. The zero-order chi connectivity index (χ0) is 8.72. The highest BCUT2D eigenvalue weighted by Gasteiger charge is 2.36. The van der Waals surface area contributed by atoms with Gasteiger partial charge in [-0.2, -0.15) is 0 Å². The molecule has 2 heteroatoms. The maximum absolute atomic E-state index is 13.3. The molecule has 0 radical (unpaired) electrons. The summed E-state index contributed by atoms with van der Waals surface area (Å²) in [6.45, 7) is 1.89. The third kappa shape index (κ3) is 1.23. The minimum absolute atomic E-state index is 0.104. The van der Waals surface area contributed by atoms with E-state index in [2.05, 4.69) is 0 Å². The van der Waals surface area contributed by atoms with E-state index in [0.29, 0.717) is 0 Å². The first-order chi connectivity index (χ1) is 5.68. The number of benzene rings is 1. The highest BCUT2D eigenvalue weighted by Crippen LogP contribution is 2.40. The van der Waals surface area contributed by atoms with Gasteiger partial charge in [0.25, 0.3) is 0 Å². The summed E-state index contributed by atoms with van der Waals surface area (Å²) in [7, 11) is 0. The predicted octanol–water partition coefficient (Wildman–Crippen LogP) is 1.95. The van der Waals surface area contributed by atoms with Crippen LogP contribution in [0.5, 0.6) is 0 Å². The Balaban J connectivity index is 2.33. The Bertz CT molecular complexity index is 309. The second-order valence-corrected chi connectivity index (χ2v) is 3.53. The largest absolute Gasteiger partial charge is 0.327 e. The molecule has 1 saturated carbocycles. The zero-order valence-electron chi connectivity index (χ0n) is 7.05. The molecule has 12 heavy (non-hydrogen) atoms. The van der Waals surface area contributed by atoms with E-state index in [1.54, 1.807) is 6.07 Å². The second kappa shape index (κ2) is 2.56. The fourth-order valence-corrected chi connectivity index (χ4v) is 1.51. The number of halogens is 1. The van der Waals surface area contributed by atoms with Crippen LogP contribution in [-0.4, -0.2) is 6.04 Å². The molecule has 0 spiro atoms. The lowest BCUT2D eigenvalue weighted by molar-refractivity contribution is 0.608. The lowest BCUT2D eigenvalue weighted by atomic mass is 10.1. The van der Waals surface area contributed by atoms with E-state index in [-0.39, 0.29) is 17.8 Å². The van der Waals surface area contributed by atoms with Gasteiger partial charge in [0.15, 0.2) is 0 Å². The molecule has 1 aliphatic carbocycles. The molecule has 2 rings (SSSR count). The third-order valence-electron chi connectivity index (χ3n) is 2.40. The van der Waals surface area contributed by atoms with Crippen molar-refractivity contribution in [1.29, 1.82) is 0 Å². The molecule has 0 amide bonds. The first kappa shape index (κ1) is 7.74. The highest BCUT2D eigenvalue weighted by atomic mass is 19.1. The molecule has 2 unspecified atom stereocenters. The second-order valence-electron chi connectivity index (χ2n) is 3.53. The normalized spacial score (nSPS) is 27.2. The lowest BCUT2D eigenvalue weighted by Crippen LogP contribution is -2.02. The Hall–Kier alpha value is -0.890. The monoisotopic (exact) mass is 165 g/mol. The highest BCUT2D eigenvalue weighted by molar-refractivity contribution is 5.31. The topological polar surface area (TPSA) is 26.0 Å². The van der Waals surface area contributed by atoms with Gasteiger partial charge in [-0.15, -0.1) is 0 Å². The van der Waals surface area contributed by atoms with Crippen LogP contribution in [-0.2, 0) is 0 Å². The van der Waals surface area contributed by atoms with Crippen molar-refractivity contribution in [1.82, 2.24) is 0 Å². The zero-order valence-corrected chi connectivity index (χ0v) is 7.05. The first-order valence-corrected chi connectivity index (χ1v) is 4.20. The predicted molar refractivity (Wildman–Crippen MR) is 46.5 cm³/mol. The summed E-state index contributed by atoms with van der Waals surface area (Å²) in [5.74, 6) is 0.165. The van der Waals surface area contributed by atoms with Crippen molar-refractivity contribution in [3.05, 3.63) is 35.1 Å². The smallest absolute Gasteiger partial charge is 0.127 e. The van der Waals surface area contributed by atoms with Crippen LogP contribution in [0.3, 0.4) is 0 Å². The van der Waals surface area contributed by atoms with E-state index in [0.717, 1.165) is 17.5 Å². The summed E-state index contributed by atoms with van der Waals surface area (Å²) in [6.07, 6.45) is 0.931. The molecule has 0 saturated heterocycles. The molecule has 1 aromatic carbocycles. The minimum Gasteiger partial charge on any atom is -0.327 e. The van der Waals surface area contributed by atoms with Crippen LogP contribution in [0.4, 0.5) is 4.39 Å². The molecule has 1 aromatic rings. The van der Waals surface area contributed by atoms with Crippen molar-refractivity contribution in [2.24, 2.45) is 5.73 Å². The fraction of sp³-hybridized carbons (Fsp3) is 0.400. The van der Waals surface area contributed by atoms with E-state index in [1.165, 1.54) is 0 Å². The van der Waals surface area contributed by atoms with Gasteiger partial charge in [-0.3, -0.25) is 0 Å². The molecule has 1 nitrogen and oxygen atoms in total. The van der Waals surface area contributed by atoms with Gasteiger partial charge in [-0.25, -0.2) is 4.39 Å². The van der Waals surface area contributed by atoms with E-state index >= 15 is 0 Å². The average molecular weight is 165 g/mol. The van der Waals surface area contributed by atoms with Gasteiger partial charge >= 0.3 is 0 Å². The van der Waals surface area contributed by atoms with Crippen LogP contribution in [0.2, 0.25) is 0 Å². The molecule has 0 aromatic heterocycles. The van der Waals surface area contributed by atoms with Crippen molar-refractivity contribution in [3.63, 3.8) is 0 Å². The van der Waals surface area contributed by atoms with Crippen LogP contribution < -0.4 is 5.73 Å². The van der Waals surface area contributed by atoms with E-state index < -0.39 is 0 Å². The van der Waals surface area contributed by atoms with Crippen molar-refractivity contribution < 1.29 is 4.39 Å². The summed E-state index contributed by atoms with van der Waals surface area (Å²) in [5, 5.41) is 0. The SMILES string of the molecule is Cc1ccc(C2CC2N)c(F)c1. The maximum atomic E-state index is 13.3. The summed E-state index contributed by atoms with van der Waals surface area (Å²) in [6, 6.07) is 5.54. The van der Waals surface area contributed by atoms with Crippen molar-refractivity contribution >= 4 is 0 Å². The number of aryl methyl sites for hydroxylation is 1. The number of nitrogens with two attached hydrogens (primary N) is 1. The Kier molecular flexibility index (Phi) is 1.65. The van der Waals surface area contributed by atoms with Gasteiger partial charge in [0.2, 0.25) is 0 Å². The van der Waals surface area contributed by atoms with Crippen LogP contribution in [0.25, 0.3) is 0 Å². The molecule has 2 N–H and O–H groups in total. The molecule has 2 atom stereocenters. The fourth-order valence-electron chi connectivity index (χ4n) is 1.51. The van der Waals surface area contributed by atoms with Gasteiger partial charge in [-0.05, 0) is 30.5 Å². The Labute approximate surface area is 71.4 Å². The summed E-state index contributed by atoms with van der Waals surface area (Å²) in [4.78, 5) is 0. The quantitative estimate of drug-likeness (QED) is 0.676. The van der Waals surface area contributed by atoms with E-state index in [9.17, 15) is 4.39 Å². The molecule has 1 aliphatic rings. The summed E-state index contributed by atoms with van der Waals surface area (Å²) in [5.41, 5.74) is 7.39.